The minimum Gasteiger partial charge on any atom is -0.353 e. The van der Waals surface area contributed by atoms with Crippen LogP contribution in [0.5, 0.6) is 0 Å². The molecule has 0 saturated carbocycles. The summed E-state index contributed by atoms with van der Waals surface area (Å²) < 4.78 is 13.6. The number of benzene rings is 1. The molecule has 1 aromatic heterocycles. The normalized spacial score (nSPS) is 14.4. The molecule has 2 aromatic rings. The average molecular weight is 371 g/mol. The molecule has 1 saturated heterocycles. The molecule has 1 aliphatic heterocycles. The molecule has 0 N–H and O–H groups in total. The summed E-state index contributed by atoms with van der Waals surface area (Å²) in [6, 6.07) is 6.67. The highest BCUT2D eigenvalue weighted by atomic mass is 19.1. The summed E-state index contributed by atoms with van der Waals surface area (Å²) in [4.78, 5) is 27.0. The molecule has 27 heavy (non-hydrogen) atoms. The molecule has 0 unspecified atom stereocenters. The Hall–Kier alpha value is -2.70. The van der Waals surface area contributed by atoms with E-state index < -0.39 is 0 Å². The molecule has 7 heteroatoms. The summed E-state index contributed by atoms with van der Waals surface area (Å²) in [5.74, 6) is 1.37. The molecule has 1 aliphatic rings. The molecule has 0 bridgehead atoms. The third-order valence-electron chi connectivity index (χ3n) is 4.81. The van der Waals surface area contributed by atoms with E-state index in [1.807, 2.05) is 24.8 Å². The van der Waals surface area contributed by atoms with Gasteiger partial charge in [0.05, 0.1) is 0 Å². The molecule has 144 valence electrons. The lowest BCUT2D eigenvalue weighted by Gasteiger charge is -2.37. The zero-order chi connectivity index (χ0) is 19.6. The molecule has 3 rings (SSSR count). The van der Waals surface area contributed by atoms with Crippen molar-refractivity contribution in [2.24, 2.45) is 0 Å². The van der Waals surface area contributed by atoms with Crippen LogP contribution in [0.2, 0.25) is 0 Å². The Kier molecular flexibility index (Phi) is 5.58. The van der Waals surface area contributed by atoms with Gasteiger partial charge >= 0.3 is 6.03 Å². The van der Waals surface area contributed by atoms with Crippen LogP contribution in [0.1, 0.15) is 22.6 Å². The van der Waals surface area contributed by atoms with Crippen molar-refractivity contribution in [2.75, 3.05) is 45.2 Å². The van der Waals surface area contributed by atoms with Gasteiger partial charge in [-0.25, -0.2) is 19.2 Å². The van der Waals surface area contributed by atoms with Crippen molar-refractivity contribution in [1.29, 1.82) is 0 Å². The van der Waals surface area contributed by atoms with Crippen LogP contribution < -0.4 is 4.90 Å². The van der Waals surface area contributed by atoms with Crippen molar-refractivity contribution in [1.82, 2.24) is 19.8 Å². The van der Waals surface area contributed by atoms with Crippen LogP contribution in [0.15, 0.2) is 24.3 Å². The smallest absolute Gasteiger partial charge is 0.319 e. The maximum Gasteiger partial charge on any atom is 0.319 e. The summed E-state index contributed by atoms with van der Waals surface area (Å²) in [7, 11) is 3.53. The van der Waals surface area contributed by atoms with Gasteiger partial charge in [0.2, 0.25) is 0 Å². The van der Waals surface area contributed by atoms with E-state index in [9.17, 15) is 9.18 Å². The van der Waals surface area contributed by atoms with Crippen LogP contribution in [0, 0.1) is 19.7 Å². The van der Waals surface area contributed by atoms with Gasteiger partial charge in [-0.1, -0.05) is 12.1 Å². The van der Waals surface area contributed by atoms with Crippen LogP contribution in [-0.4, -0.2) is 66.1 Å². The van der Waals surface area contributed by atoms with Crippen molar-refractivity contribution in [3.8, 4) is 0 Å². The summed E-state index contributed by atoms with van der Waals surface area (Å²) in [5.41, 5.74) is 2.82. The number of carbonyl (C=O) groups is 1. The third kappa shape index (κ3) is 4.35. The molecule has 2 heterocycles. The minimum atomic E-state index is -0.240. The first kappa shape index (κ1) is 19.1. The number of hydrogen-bond donors (Lipinski definition) is 0. The quantitative estimate of drug-likeness (QED) is 0.832. The van der Waals surface area contributed by atoms with Crippen molar-refractivity contribution in [3.05, 3.63) is 52.7 Å². The van der Waals surface area contributed by atoms with Crippen molar-refractivity contribution < 1.29 is 9.18 Å². The standard InChI is InChI=1S/C20H26FN5O/c1-14-18(13-16-6-5-7-17(21)12-16)19(23-15(2)22-14)25-8-10-26(11-9-25)20(27)24(3)4/h5-7,12H,8-11,13H2,1-4H3. The van der Waals surface area contributed by atoms with Crippen LogP contribution >= 0.6 is 0 Å². The maximum atomic E-state index is 13.6. The number of aryl methyl sites for hydroxylation is 2. The highest BCUT2D eigenvalue weighted by Crippen LogP contribution is 2.25. The fourth-order valence-corrected chi connectivity index (χ4v) is 3.43. The molecule has 1 aromatic carbocycles. The van der Waals surface area contributed by atoms with Crippen LogP contribution in [0.3, 0.4) is 0 Å². The van der Waals surface area contributed by atoms with Gasteiger partial charge in [-0.2, -0.15) is 0 Å². The van der Waals surface area contributed by atoms with E-state index in [1.54, 1.807) is 31.1 Å². The Labute approximate surface area is 159 Å². The van der Waals surface area contributed by atoms with Crippen molar-refractivity contribution >= 4 is 11.8 Å². The number of hydrogen-bond acceptors (Lipinski definition) is 4. The van der Waals surface area contributed by atoms with Gasteiger partial charge in [-0.3, -0.25) is 0 Å². The van der Waals surface area contributed by atoms with E-state index in [2.05, 4.69) is 14.9 Å². The van der Waals surface area contributed by atoms with Gasteiger partial charge in [-0.15, -0.1) is 0 Å². The second-order valence-electron chi connectivity index (χ2n) is 7.12. The zero-order valence-electron chi connectivity index (χ0n) is 16.4. The molecule has 0 atom stereocenters. The highest BCUT2D eigenvalue weighted by Gasteiger charge is 2.25. The number of amides is 2. The van der Waals surface area contributed by atoms with Gasteiger partial charge < -0.3 is 14.7 Å². The molecule has 0 spiro atoms. The number of carbonyl (C=O) groups excluding carboxylic acids is 1. The van der Waals surface area contributed by atoms with Gasteiger partial charge in [0, 0.05) is 58.0 Å². The lowest BCUT2D eigenvalue weighted by atomic mass is 10.0. The minimum absolute atomic E-state index is 0.0321. The summed E-state index contributed by atoms with van der Waals surface area (Å²) in [6.07, 6.45) is 0.579. The average Bonchev–Trinajstić information content (AvgIpc) is 2.63. The third-order valence-corrected chi connectivity index (χ3v) is 4.81. The lowest BCUT2D eigenvalue weighted by molar-refractivity contribution is 0.168. The molecule has 1 fully saturated rings. The van der Waals surface area contributed by atoms with Gasteiger partial charge in [0.25, 0.3) is 0 Å². The number of aromatic nitrogens is 2. The number of urea groups is 1. The van der Waals surface area contributed by atoms with E-state index in [1.165, 1.54) is 6.07 Å². The zero-order valence-corrected chi connectivity index (χ0v) is 16.4. The fourth-order valence-electron chi connectivity index (χ4n) is 3.43. The van der Waals surface area contributed by atoms with E-state index in [0.717, 1.165) is 28.5 Å². The first-order valence-electron chi connectivity index (χ1n) is 9.15. The number of anilines is 1. The first-order chi connectivity index (χ1) is 12.8. The summed E-state index contributed by atoms with van der Waals surface area (Å²) >= 11 is 0. The fraction of sp³-hybridized carbons (Fsp3) is 0.450. The number of rotatable bonds is 3. The Morgan fingerprint density at radius 3 is 2.48 bits per heavy atom. The number of halogens is 1. The molecule has 0 radical (unpaired) electrons. The second-order valence-corrected chi connectivity index (χ2v) is 7.12. The topological polar surface area (TPSA) is 52.6 Å². The maximum absolute atomic E-state index is 13.6. The van der Waals surface area contributed by atoms with Crippen LogP contribution in [-0.2, 0) is 6.42 Å². The molecular weight excluding hydrogens is 345 g/mol. The molecule has 2 amide bonds. The Morgan fingerprint density at radius 2 is 1.85 bits per heavy atom. The molecular formula is C20H26FN5O. The van der Waals surface area contributed by atoms with Gasteiger partial charge in [0.1, 0.15) is 17.5 Å². The van der Waals surface area contributed by atoms with Gasteiger partial charge in [0.15, 0.2) is 0 Å². The predicted molar refractivity (Wildman–Crippen MR) is 104 cm³/mol. The first-order valence-corrected chi connectivity index (χ1v) is 9.15. The Bertz CT molecular complexity index is 831. The van der Waals surface area contributed by atoms with Gasteiger partial charge in [-0.05, 0) is 31.5 Å². The predicted octanol–water partition coefficient (Wildman–Crippen LogP) is 2.63. The van der Waals surface area contributed by atoms with E-state index in [-0.39, 0.29) is 11.8 Å². The monoisotopic (exact) mass is 371 g/mol. The summed E-state index contributed by atoms with van der Waals surface area (Å²) in [6.45, 7) is 6.58. The SMILES string of the molecule is Cc1nc(C)c(Cc2cccc(F)c2)c(N2CCN(C(=O)N(C)C)CC2)n1. The van der Waals surface area contributed by atoms with Crippen molar-refractivity contribution in [3.63, 3.8) is 0 Å². The summed E-state index contributed by atoms with van der Waals surface area (Å²) in [5, 5.41) is 0. The van der Waals surface area contributed by atoms with Crippen LogP contribution in [0.25, 0.3) is 0 Å². The van der Waals surface area contributed by atoms with Crippen molar-refractivity contribution in [2.45, 2.75) is 20.3 Å². The Balaban J connectivity index is 1.84. The van der Waals surface area contributed by atoms with E-state index in [0.29, 0.717) is 32.6 Å². The second kappa shape index (κ2) is 7.90. The van der Waals surface area contributed by atoms with Crippen LogP contribution in [0.4, 0.5) is 15.0 Å². The number of piperazine rings is 1. The largest absolute Gasteiger partial charge is 0.353 e. The lowest BCUT2D eigenvalue weighted by Crippen LogP contribution is -2.52. The van der Waals surface area contributed by atoms with E-state index in [4.69, 9.17) is 0 Å². The molecule has 6 nitrogen and oxygen atoms in total. The molecule has 0 aliphatic carbocycles. The van der Waals surface area contributed by atoms with E-state index >= 15 is 0 Å². The highest BCUT2D eigenvalue weighted by molar-refractivity contribution is 5.74. The Morgan fingerprint density at radius 1 is 1.15 bits per heavy atom. The number of nitrogens with zero attached hydrogens (tertiary/aromatic N) is 5.